The molecule has 2 N–H and O–H groups in total. The van der Waals surface area contributed by atoms with Gasteiger partial charge in [0.2, 0.25) is 0 Å². The topological polar surface area (TPSA) is 93.9 Å². The molecule has 0 aliphatic carbocycles. The molecule has 0 spiro atoms. The van der Waals surface area contributed by atoms with Crippen molar-refractivity contribution in [2.45, 2.75) is 12.8 Å². The van der Waals surface area contributed by atoms with Gasteiger partial charge in [0.25, 0.3) is 0 Å². The van der Waals surface area contributed by atoms with Crippen LogP contribution in [-0.4, -0.2) is 22.4 Å². The molecule has 3 aromatic rings. The van der Waals surface area contributed by atoms with Crippen molar-refractivity contribution in [1.29, 1.82) is 5.26 Å². The summed E-state index contributed by atoms with van der Waals surface area (Å²) in [6, 6.07) is 21.0. The fourth-order valence-electron chi connectivity index (χ4n) is 2.61. The van der Waals surface area contributed by atoms with Crippen LogP contribution in [-0.2, 0) is 22.4 Å². The molecular formula is C20H18N4O2. The number of nitrogens with two attached hydrogens (primary N) is 1. The molecule has 0 bridgehead atoms. The van der Waals surface area contributed by atoms with E-state index in [0.717, 1.165) is 11.3 Å². The fourth-order valence-corrected chi connectivity index (χ4v) is 2.61. The number of nitrogens with zero attached hydrogens (tertiary/aromatic N) is 3. The van der Waals surface area contributed by atoms with E-state index in [4.69, 9.17) is 10.5 Å². The van der Waals surface area contributed by atoms with E-state index in [1.807, 2.05) is 66.7 Å². The molecule has 0 saturated heterocycles. The minimum Gasteiger partial charge on any atom is -0.465 e. The first-order valence-corrected chi connectivity index (χ1v) is 8.21. The van der Waals surface area contributed by atoms with E-state index >= 15 is 0 Å². The van der Waals surface area contributed by atoms with Crippen molar-refractivity contribution < 1.29 is 9.53 Å². The highest BCUT2D eigenvalue weighted by Gasteiger charge is 2.19. The van der Waals surface area contributed by atoms with Crippen LogP contribution >= 0.6 is 0 Å². The first-order valence-electron chi connectivity index (χ1n) is 8.21. The van der Waals surface area contributed by atoms with Crippen molar-refractivity contribution in [2.75, 3.05) is 12.3 Å². The summed E-state index contributed by atoms with van der Waals surface area (Å²) in [5.41, 5.74) is 8.37. The average Bonchev–Trinajstić information content (AvgIpc) is 2.98. The van der Waals surface area contributed by atoms with E-state index in [-0.39, 0.29) is 24.4 Å². The molecule has 0 aliphatic rings. The van der Waals surface area contributed by atoms with E-state index < -0.39 is 5.97 Å². The molecule has 0 aliphatic heterocycles. The Kier molecular flexibility index (Phi) is 5.30. The molecule has 0 radical (unpaired) electrons. The van der Waals surface area contributed by atoms with Crippen LogP contribution in [0.25, 0.3) is 5.69 Å². The van der Waals surface area contributed by atoms with E-state index in [2.05, 4.69) is 5.10 Å². The second-order valence-corrected chi connectivity index (χ2v) is 5.70. The van der Waals surface area contributed by atoms with Gasteiger partial charge in [0.05, 0.1) is 24.4 Å². The summed E-state index contributed by atoms with van der Waals surface area (Å²) in [5.74, 6) is -0.221. The van der Waals surface area contributed by atoms with E-state index in [0.29, 0.717) is 12.1 Å². The molecule has 130 valence electrons. The summed E-state index contributed by atoms with van der Waals surface area (Å²) in [6.07, 6.45) is 0.542. The summed E-state index contributed by atoms with van der Waals surface area (Å²) < 4.78 is 6.73. The number of nitrogen functional groups attached to an aromatic ring is 1. The van der Waals surface area contributed by atoms with Crippen LogP contribution in [0.5, 0.6) is 0 Å². The quantitative estimate of drug-likeness (QED) is 0.693. The number of hydrogen-bond acceptors (Lipinski definition) is 5. The maximum atomic E-state index is 12.1. The van der Waals surface area contributed by atoms with Gasteiger partial charge in [-0.1, -0.05) is 48.5 Å². The molecule has 0 amide bonds. The van der Waals surface area contributed by atoms with Gasteiger partial charge in [0.15, 0.2) is 0 Å². The van der Waals surface area contributed by atoms with Crippen LogP contribution in [0.3, 0.4) is 0 Å². The zero-order valence-electron chi connectivity index (χ0n) is 14.1. The number of esters is 1. The van der Waals surface area contributed by atoms with Gasteiger partial charge in [-0.2, -0.15) is 10.4 Å². The number of benzene rings is 2. The molecule has 0 fully saturated rings. The number of carbonyl (C=O) groups is 1. The zero-order chi connectivity index (χ0) is 18.4. The Morgan fingerprint density at radius 1 is 1.12 bits per heavy atom. The van der Waals surface area contributed by atoms with Gasteiger partial charge in [-0.05, 0) is 17.7 Å². The monoisotopic (exact) mass is 346 g/mol. The van der Waals surface area contributed by atoms with Crippen LogP contribution in [0.4, 0.5) is 5.82 Å². The van der Waals surface area contributed by atoms with Crippen molar-refractivity contribution in [3.05, 3.63) is 77.5 Å². The highest BCUT2D eigenvalue weighted by molar-refractivity contribution is 5.74. The summed E-state index contributed by atoms with van der Waals surface area (Å²) in [4.78, 5) is 12.1. The lowest BCUT2D eigenvalue weighted by molar-refractivity contribution is -0.142. The molecule has 3 rings (SSSR count). The minimum atomic E-state index is -0.435. The zero-order valence-corrected chi connectivity index (χ0v) is 14.1. The standard InChI is InChI=1S/C20H18N4O2/c21-14-17-18(23-24(20(17)22)16-9-5-2-6-10-16)13-19(25)26-12-11-15-7-3-1-4-8-15/h1-10H,11-13,22H2. The molecular weight excluding hydrogens is 328 g/mol. The second-order valence-electron chi connectivity index (χ2n) is 5.70. The number of para-hydroxylation sites is 1. The Morgan fingerprint density at radius 2 is 1.77 bits per heavy atom. The van der Waals surface area contributed by atoms with Gasteiger partial charge in [-0.25, -0.2) is 4.68 Å². The number of hydrogen-bond donors (Lipinski definition) is 1. The smallest absolute Gasteiger partial charge is 0.311 e. The Morgan fingerprint density at radius 3 is 2.42 bits per heavy atom. The first-order chi connectivity index (χ1) is 12.7. The fraction of sp³-hybridized carbons (Fsp3) is 0.150. The molecule has 6 heteroatoms. The highest BCUT2D eigenvalue weighted by Crippen LogP contribution is 2.21. The Labute approximate surface area is 151 Å². The largest absolute Gasteiger partial charge is 0.465 e. The number of aromatic nitrogens is 2. The average molecular weight is 346 g/mol. The maximum Gasteiger partial charge on any atom is 0.311 e. The summed E-state index contributed by atoms with van der Waals surface area (Å²) in [6.45, 7) is 0.277. The molecule has 6 nitrogen and oxygen atoms in total. The highest BCUT2D eigenvalue weighted by atomic mass is 16.5. The van der Waals surface area contributed by atoms with Crippen molar-refractivity contribution in [2.24, 2.45) is 0 Å². The predicted molar refractivity (Wildman–Crippen MR) is 97.5 cm³/mol. The van der Waals surface area contributed by atoms with Gasteiger partial charge in [-0.15, -0.1) is 0 Å². The van der Waals surface area contributed by atoms with Crippen molar-refractivity contribution in [3.8, 4) is 11.8 Å². The van der Waals surface area contributed by atoms with E-state index in [1.165, 1.54) is 4.68 Å². The number of ether oxygens (including phenoxy) is 1. The summed E-state index contributed by atoms with van der Waals surface area (Å²) >= 11 is 0. The summed E-state index contributed by atoms with van der Waals surface area (Å²) in [7, 11) is 0. The molecule has 0 saturated carbocycles. The van der Waals surface area contributed by atoms with Crippen molar-refractivity contribution in [1.82, 2.24) is 9.78 Å². The molecule has 0 atom stereocenters. The third-order valence-corrected chi connectivity index (χ3v) is 3.91. The lowest BCUT2D eigenvalue weighted by Gasteiger charge is -2.04. The van der Waals surface area contributed by atoms with Crippen LogP contribution in [0.15, 0.2) is 60.7 Å². The van der Waals surface area contributed by atoms with Gasteiger partial charge in [-0.3, -0.25) is 4.79 Å². The lowest BCUT2D eigenvalue weighted by Crippen LogP contribution is -2.11. The Bertz CT molecular complexity index is 928. The summed E-state index contributed by atoms with van der Waals surface area (Å²) in [5, 5.41) is 13.7. The van der Waals surface area contributed by atoms with Gasteiger partial charge >= 0.3 is 5.97 Å². The predicted octanol–water partition coefficient (Wildman–Crippen LogP) is 2.65. The molecule has 26 heavy (non-hydrogen) atoms. The molecule has 0 unspecified atom stereocenters. The maximum absolute atomic E-state index is 12.1. The van der Waals surface area contributed by atoms with Crippen LogP contribution < -0.4 is 5.73 Å². The van der Waals surface area contributed by atoms with E-state index in [1.54, 1.807) is 0 Å². The number of anilines is 1. The van der Waals surface area contributed by atoms with Crippen LogP contribution in [0.1, 0.15) is 16.8 Å². The molecule has 1 aromatic heterocycles. The molecule has 1 heterocycles. The lowest BCUT2D eigenvalue weighted by atomic mass is 10.2. The van der Waals surface area contributed by atoms with Crippen LogP contribution in [0, 0.1) is 11.3 Å². The third-order valence-electron chi connectivity index (χ3n) is 3.91. The first kappa shape index (κ1) is 17.2. The second kappa shape index (κ2) is 7.99. The minimum absolute atomic E-state index is 0.0955. The SMILES string of the molecule is N#Cc1c(CC(=O)OCCc2ccccc2)nn(-c2ccccc2)c1N. The van der Waals surface area contributed by atoms with Gasteiger partial charge in [0, 0.05) is 6.42 Å². The van der Waals surface area contributed by atoms with Gasteiger partial charge < -0.3 is 10.5 Å². The number of nitriles is 1. The molecule has 2 aromatic carbocycles. The van der Waals surface area contributed by atoms with E-state index in [9.17, 15) is 10.1 Å². The number of carbonyl (C=O) groups excluding carboxylic acids is 1. The number of rotatable bonds is 6. The Hall–Kier alpha value is -3.59. The Balaban J connectivity index is 1.67. The van der Waals surface area contributed by atoms with Gasteiger partial charge in [0.1, 0.15) is 17.5 Å². The van der Waals surface area contributed by atoms with Crippen LogP contribution in [0.2, 0.25) is 0 Å². The third kappa shape index (κ3) is 3.90. The van der Waals surface area contributed by atoms with Crippen molar-refractivity contribution in [3.63, 3.8) is 0 Å². The van der Waals surface area contributed by atoms with Crippen molar-refractivity contribution >= 4 is 11.8 Å². The normalized spacial score (nSPS) is 10.3.